The van der Waals surface area contributed by atoms with Crippen molar-refractivity contribution in [1.29, 1.82) is 0 Å². The highest BCUT2D eigenvalue weighted by Gasteiger charge is 2.07. The number of ether oxygens (including phenoxy) is 1. The molecule has 0 spiro atoms. The number of rotatable bonds is 7. The summed E-state index contributed by atoms with van der Waals surface area (Å²) in [6.07, 6.45) is -0.663. The lowest BCUT2D eigenvalue weighted by atomic mass is 10.2. The zero-order valence-corrected chi connectivity index (χ0v) is 12.2. The number of halogens is 2. The monoisotopic (exact) mass is 309 g/mol. The fourth-order valence-electron chi connectivity index (χ4n) is 1.75. The van der Waals surface area contributed by atoms with Gasteiger partial charge in [-0.05, 0) is 17.7 Å². The van der Waals surface area contributed by atoms with E-state index in [1.807, 2.05) is 30.3 Å². The van der Waals surface area contributed by atoms with Crippen LogP contribution in [0.15, 0.2) is 48.5 Å². The lowest BCUT2D eigenvalue weighted by Gasteiger charge is -2.12. The summed E-state index contributed by atoms with van der Waals surface area (Å²) in [6, 6.07) is 14.2. The average Bonchev–Trinajstić information content (AvgIpc) is 2.52. The number of hydrogen-bond acceptors (Lipinski definition) is 3. The quantitative estimate of drug-likeness (QED) is 0.770. The molecule has 0 saturated heterocycles. The summed E-state index contributed by atoms with van der Waals surface area (Å²) in [6.45, 7) is 0.586. The number of alkyl halides is 1. The SMILES string of the molecule is OC(CCl)CNc1ccc(OCc2ccccc2)c(F)c1. The number of aliphatic hydroxyl groups excluding tert-OH is 1. The van der Waals surface area contributed by atoms with Crippen LogP contribution in [0.1, 0.15) is 5.56 Å². The van der Waals surface area contributed by atoms with Crippen LogP contribution >= 0.6 is 11.6 Å². The van der Waals surface area contributed by atoms with E-state index in [0.717, 1.165) is 5.56 Å². The van der Waals surface area contributed by atoms with E-state index in [9.17, 15) is 9.50 Å². The first-order valence-corrected chi connectivity index (χ1v) is 7.16. The van der Waals surface area contributed by atoms with Crippen LogP contribution < -0.4 is 10.1 Å². The van der Waals surface area contributed by atoms with Gasteiger partial charge in [-0.3, -0.25) is 0 Å². The number of hydrogen-bond donors (Lipinski definition) is 2. The molecular weight excluding hydrogens is 293 g/mol. The third kappa shape index (κ3) is 4.92. The zero-order chi connectivity index (χ0) is 15.1. The molecule has 0 aliphatic rings. The topological polar surface area (TPSA) is 41.5 Å². The molecule has 0 bridgehead atoms. The fraction of sp³-hybridized carbons (Fsp3) is 0.250. The summed E-state index contributed by atoms with van der Waals surface area (Å²) in [5, 5.41) is 12.2. The fourth-order valence-corrected chi connectivity index (χ4v) is 1.86. The molecule has 21 heavy (non-hydrogen) atoms. The molecule has 1 atom stereocenters. The Bertz CT molecular complexity index is 565. The maximum atomic E-state index is 13.9. The normalized spacial score (nSPS) is 12.0. The van der Waals surface area contributed by atoms with Gasteiger partial charge in [-0.15, -0.1) is 11.6 Å². The summed E-state index contributed by atoms with van der Waals surface area (Å²) < 4.78 is 19.4. The Balaban J connectivity index is 1.93. The van der Waals surface area contributed by atoms with Gasteiger partial charge < -0.3 is 15.2 Å². The third-order valence-electron chi connectivity index (χ3n) is 2.89. The Morgan fingerprint density at radius 3 is 2.62 bits per heavy atom. The zero-order valence-electron chi connectivity index (χ0n) is 11.4. The van der Waals surface area contributed by atoms with E-state index in [1.165, 1.54) is 6.07 Å². The van der Waals surface area contributed by atoms with Gasteiger partial charge in [0.25, 0.3) is 0 Å². The average molecular weight is 310 g/mol. The second kappa shape index (κ2) is 7.86. The number of benzene rings is 2. The first kappa shape index (κ1) is 15.6. The highest BCUT2D eigenvalue weighted by Crippen LogP contribution is 2.22. The molecule has 3 nitrogen and oxygen atoms in total. The standard InChI is InChI=1S/C16H17ClFNO2/c17-9-14(20)10-19-13-6-7-16(15(18)8-13)21-11-12-4-2-1-3-5-12/h1-8,14,19-20H,9-11H2. The van der Waals surface area contributed by atoms with Crippen LogP contribution in [0.2, 0.25) is 0 Å². The van der Waals surface area contributed by atoms with E-state index in [-0.39, 0.29) is 18.2 Å². The minimum Gasteiger partial charge on any atom is -0.486 e. The Labute approximate surface area is 128 Å². The molecule has 112 valence electrons. The molecule has 5 heteroatoms. The van der Waals surface area contributed by atoms with Gasteiger partial charge in [-0.1, -0.05) is 30.3 Å². The van der Waals surface area contributed by atoms with Gasteiger partial charge in [-0.2, -0.15) is 0 Å². The molecule has 0 fully saturated rings. The number of anilines is 1. The lowest BCUT2D eigenvalue weighted by Crippen LogP contribution is -2.20. The second-order valence-electron chi connectivity index (χ2n) is 4.61. The van der Waals surface area contributed by atoms with Gasteiger partial charge >= 0.3 is 0 Å². The molecule has 2 rings (SSSR count). The van der Waals surface area contributed by atoms with Crippen LogP contribution in [-0.4, -0.2) is 23.6 Å². The van der Waals surface area contributed by atoms with Crippen molar-refractivity contribution in [3.8, 4) is 5.75 Å². The second-order valence-corrected chi connectivity index (χ2v) is 4.92. The predicted molar refractivity (Wildman–Crippen MR) is 82.4 cm³/mol. The predicted octanol–water partition coefficient (Wildman–Crippen LogP) is 3.42. The van der Waals surface area contributed by atoms with E-state index < -0.39 is 11.9 Å². The van der Waals surface area contributed by atoms with E-state index in [2.05, 4.69) is 5.32 Å². The van der Waals surface area contributed by atoms with E-state index >= 15 is 0 Å². The van der Waals surface area contributed by atoms with Gasteiger partial charge in [0.1, 0.15) is 6.61 Å². The molecule has 0 aliphatic carbocycles. The Morgan fingerprint density at radius 2 is 1.95 bits per heavy atom. The summed E-state index contributed by atoms with van der Waals surface area (Å²) in [4.78, 5) is 0. The summed E-state index contributed by atoms with van der Waals surface area (Å²) in [7, 11) is 0. The van der Waals surface area contributed by atoms with Crippen molar-refractivity contribution in [3.63, 3.8) is 0 Å². The molecule has 1 unspecified atom stereocenters. The summed E-state index contributed by atoms with van der Waals surface area (Å²) in [5.41, 5.74) is 1.55. The van der Waals surface area contributed by atoms with Crippen molar-refractivity contribution in [2.45, 2.75) is 12.7 Å². The molecule has 0 amide bonds. The molecular formula is C16H17ClFNO2. The molecule has 0 radical (unpaired) electrons. The first-order valence-electron chi connectivity index (χ1n) is 6.63. The van der Waals surface area contributed by atoms with Crippen LogP contribution in [0.5, 0.6) is 5.75 Å². The minimum atomic E-state index is -0.663. The van der Waals surface area contributed by atoms with E-state index in [4.69, 9.17) is 16.3 Å². The molecule has 0 aromatic heterocycles. The van der Waals surface area contributed by atoms with Crippen molar-refractivity contribution in [1.82, 2.24) is 0 Å². The molecule has 2 N–H and O–H groups in total. The highest BCUT2D eigenvalue weighted by molar-refractivity contribution is 6.18. The third-order valence-corrected chi connectivity index (χ3v) is 3.25. The maximum Gasteiger partial charge on any atom is 0.167 e. The lowest BCUT2D eigenvalue weighted by molar-refractivity contribution is 0.211. The van der Waals surface area contributed by atoms with Crippen LogP contribution in [0, 0.1) is 5.82 Å². The van der Waals surface area contributed by atoms with Crippen molar-refractivity contribution in [3.05, 3.63) is 59.9 Å². The van der Waals surface area contributed by atoms with Gasteiger partial charge in [0.2, 0.25) is 0 Å². The first-order chi connectivity index (χ1) is 10.2. The van der Waals surface area contributed by atoms with Crippen LogP contribution in [0.3, 0.4) is 0 Å². The van der Waals surface area contributed by atoms with Crippen molar-refractivity contribution in [2.24, 2.45) is 0 Å². The summed E-state index contributed by atoms with van der Waals surface area (Å²) in [5.74, 6) is -0.119. The number of nitrogens with one attached hydrogen (secondary N) is 1. The van der Waals surface area contributed by atoms with Gasteiger partial charge in [0.05, 0.1) is 12.0 Å². The van der Waals surface area contributed by atoms with Crippen LogP contribution in [0.25, 0.3) is 0 Å². The number of aliphatic hydroxyl groups is 1. The molecule has 0 aliphatic heterocycles. The van der Waals surface area contributed by atoms with Gasteiger partial charge in [-0.25, -0.2) is 4.39 Å². The molecule has 2 aromatic carbocycles. The molecule has 0 heterocycles. The van der Waals surface area contributed by atoms with E-state index in [1.54, 1.807) is 12.1 Å². The Kier molecular flexibility index (Phi) is 5.84. The van der Waals surface area contributed by atoms with Crippen LogP contribution in [-0.2, 0) is 6.61 Å². The molecule has 0 saturated carbocycles. The van der Waals surface area contributed by atoms with Gasteiger partial charge in [0.15, 0.2) is 11.6 Å². The Morgan fingerprint density at radius 1 is 1.19 bits per heavy atom. The maximum absolute atomic E-state index is 13.9. The largest absolute Gasteiger partial charge is 0.486 e. The van der Waals surface area contributed by atoms with Crippen molar-refractivity contribution >= 4 is 17.3 Å². The van der Waals surface area contributed by atoms with Crippen LogP contribution in [0.4, 0.5) is 10.1 Å². The van der Waals surface area contributed by atoms with Crippen molar-refractivity contribution in [2.75, 3.05) is 17.7 Å². The van der Waals surface area contributed by atoms with Gasteiger partial charge in [0, 0.05) is 18.3 Å². The summed E-state index contributed by atoms with van der Waals surface area (Å²) >= 11 is 5.49. The minimum absolute atomic E-state index is 0.133. The Hall–Kier alpha value is -1.78. The van der Waals surface area contributed by atoms with Crippen molar-refractivity contribution < 1.29 is 14.2 Å². The smallest absolute Gasteiger partial charge is 0.167 e. The van der Waals surface area contributed by atoms with E-state index in [0.29, 0.717) is 12.3 Å². The highest BCUT2D eigenvalue weighted by atomic mass is 35.5. The molecule has 2 aromatic rings.